The second-order valence-electron chi connectivity index (χ2n) is 4.57. The summed E-state index contributed by atoms with van der Waals surface area (Å²) in [5.74, 6) is 0. The lowest BCUT2D eigenvalue weighted by Gasteiger charge is -2.08. The summed E-state index contributed by atoms with van der Waals surface area (Å²) in [5.41, 5.74) is 2.82. The molecule has 0 aliphatic heterocycles. The summed E-state index contributed by atoms with van der Waals surface area (Å²) in [4.78, 5) is 23.1. The molecule has 20 heavy (non-hydrogen) atoms. The molecule has 0 fully saturated rings. The Hall–Kier alpha value is -1.94. The van der Waals surface area contributed by atoms with Crippen molar-refractivity contribution in [1.29, 1.82) is 0 Å². The van der Waals surface area contributed by atoms with Crippen molar-refractivity contribution in [3.8, 4) is 11.3 Å². The zero-order valence-electron chi connectivity index (χ0n) is 11.4. The van der Waals surface area contributed by atoms with Gasteiger partial charge in [0.15, 0.2) is 0 Å². The zero-order valence-corrected chi connectivity index (χ0v) is 12.1. The molecule has 2 rings (SSSR count). The first kappa shape index (κ1) is 14.5. The summed E-state index contributed by atoms with van der Waals surface area (Å²) in [6.07, 6.45) is -0.0816. The summed E-state index contributed by atoms with van der Waals surface area (Å²) < 4.78 is 1.35. The number of aromatic nitrogens is 2. The van der Waals surface area contributed by atoms with E-state index in [1.807, 2.05) is 38.1 Å². The molecule has 1 aromatic heterocycles. The van der Waals surface area contributed by atoms with Crippen LogP contribution in [-0.2, 0) is 17.8 Å². The maximum atomic E-state index is 12.1. The van der Waals surface area contributed by atoms with Gasteiger partial charge in [-0.25, -0.2) is 4.68 Å². The van der Waals surface area contributed by atoms with E-state index in [-0.39, 0.29) is 12.0 Å². The minimum atomic E-state index is -0.550. The van der Waals surface area contributed by atoms with E-state index in [9.17, 15) is 9.59 Å². The van der Waals surface area contributed by atoms with Crippen molar-refractivity contribution < 1.29 is 4.79 Å². The van der Waals surface area contributed by atoms with E-state index >= 15 is 0 Å². The van der Waals surface area contributed by atoms with Crippen molar-refractivity contribution in [2.75, 3.05) is 0 Å². The van der Waals surface area contributed by atoms with E-state index in [1.54, 1.807) is 6.07 Å². The van der Waals surface area contributed by atoms with Gasteiger partial charge in [0.1, 0.15) is 0 Å². The van der Waals surface area contributed by atoms with Gasteiger partial charge in [-0.05, 0) is 31.5 Å². The Labute approximate surface area is 122 Å². The highest BCUT2D eigenvalue weighted by molar-refractivity contribution is 6.63. The Morgan fingerprint density at radius 3 is 2.50 bits per heavy atom. The van der Waals surface area contributed by atoms with Gasteiger partial charge in [-0.15, -0.1) is 0 Å². The van der Waals surface area contributed by atoms with Crippen LogP contribution < -0.4 is 5.56 Å². The fraction of sp³-hybridized carbons (Fsp3) is 0.267. The highest BCUT2D eigenvalue weighted by atomic mass is 35.5. The second-order valence-corrected chi connectivity index (χ2v) is 5.00. The van der Waals surface area contributed by atoms with Crippen LogP contribution in [0.2, 0.25) is 0 Å². The minimum absolute atomic E-state index is 0.0816. The predicted molar refractivity (Wildman–Crippen MR) is 78.9 cm³/mol. The van der Waals surface area contributed by atoms with Gasteiger partial charge >= 0.3 is 0 Å². The van der Waals surface area contributed by atoms with Crippen LogP contribution in [0.25, 0.3) is 11.3 Å². The molecule has 0 spiro atoms. The quantitative estimate of drug-likeness (QED) is 0.813. The van der Waals surface area contributed by atoms with E-state index in [2.05, 4.69) is 5.10 Å². The maximum absolute atomic E-state index is 12.1. The molecule has 4 nitrogen and oxygen atoms in total. The summed E-state index contributed by atoms with van der Waals surface area (Å²) in [6, 6.07) is 9.47. The van der Waals surface area contributed by atoms with Gasteiger partial charge in [0, 0.05) is 17.7 Å². The summed E-state index contributed by atoms with van der Waals surface area (Å²) in [7, 11) is 0. The maximum Gasteiger partial charge on any atom is 0.270 e. The fourth-order valence-corrected chi connectivity index (χ4v) is 2.10. The SMILES string of the molecule is CCn1nc(-c2ccc(C)cc2)cc(CC(=O)Cl)c1=O. The van der Waals surface area contributed by atoms with E-state index in [0.29, 0.717) is 17.8 Å². The lowest BCUT2D eigenvalue weighted by atomic mass is 10.1. The van der Waals surface area contributed by atoms with Crippen molar-refractivity contribution in [3.05, 3.63) is 51.8 Å². The molecule has 1 heterocycles. The summed E-state index contributed by atoms with van der Waals surface area (Å²) in [6.45, 7) is 4.28. The summed E-state index contributed by atoms with van der Waals surface area (Å²) in [5, 5.41) is 3.76. The van der Waals surface area contributed by atoms with Gasteiger partial charge in [-0.3, -0.25) is 9.59 Å². The van der Waals surface area contributed by atoms with Crippen molar-refractivity contribution in [3.63, 3.8) is 0 Å². The molecule has 2 aromatic rings. The molecule has 0 saturated heterocycles. The van der Waals surface area contributed by atoms with Crippen LogP contribution >= 0.6 is 11.6 Å². The number of carbonyl (C=O) groups excluding carboxylic acids is 1. The van der Waals surface area contributed by atoms with E-state index in [4.69, 9.17) is 11.6 Å². The number of rotatable bonds is 4. The van der Waals surface area contributed by atoms with Crippen molar-refractivity contribution in [2.24, 2.45) is 0 Å². The van der Waals surface area contributed by atoms with Gasteiger partial charge in [-0.1, -0.05) is 29.8 Å². The third kappa shape index (κ3) is 3.14. The molecular formula is C15H15ClN2O2. The molecule has 104 valence electrons. The molecule has 0 atom stereocenters. The number of hydrogen-bond donors (Lipinski definition) is 0. The highest BCUT2D eigenvalue weighted by Crippen LogP contribution is 2.17. The van der Waals surface area contributed by atoms with Crippen molar-refractivity contribution in [1.82, 2.24) is 9.78 Å². The lowest BCUT2D eigenvalue weighted by molar-refractivity contribution is -0.111. The summed E-state index contributed by atoms with van der Waals surface area (Å²) >= 11 is 5.39. The standard InChI is InChI=1S/C15H15ClN2O2/c1-3-18-15(20)12(9-14(16)19)8-13(17-18)11-6-4-10(2)5-7-11/h4-8H,3,9H2,1-2H3. The topological polar surface area (TPSA) is 52.0 Å². The third-order valence-electron chi connectivity index (χ3n) is 3.02. The second kappa shape index (κ2) is 6.01. The first-order chi connectivity index (χ1) is 9.51. The molecule has 1 aromatic carbocycles. The monoisotopic (exact) mass is 290 g/mol. The number of carbonyl (C=O) groups is 1. The van der Waals surface area contributed by atoms with Crippen LogP contribution in [0.15, 0.2) is 35.1 Å². The predicted octanol–water partition coefficient (Wildman–Crippen LogP) is 2.55. The molecule has 0 N–H and O–H groups in total. The van der Waals surface area contributed by atoms with Crippen LogP contribution in [0.1, 0.15) is 18.1 Å². The normalized spacial score (nSPS) is 10.6. The largest absolute Gasteiger partial charge is 0.281 e. The highest BCUT2D eigenvalue weighted by Gasteiger charge is 2.11. The smallest absolute Gasteiger partial charge is 0.270 e. The molecule has 0 saturated carbocycles. The zero-order chi connectivity index (χ0) is 14.7. The molecule has 0 aliphatic carbocycles. The van der Waals surface area contributed by atoms with Crippen molar-refractivity contribution >= 4 is 16.8 Å². The number of benzene rings is 1. The number of aryl methyl sites for hydroxylation is 2. The number of nitrogens with zero attached hydrogens (tertiary/aromatic N) is 2. The minimum Gasteiger partial charge on any atom is -0.281 e. The molecule has 0 bridgehead atoms. The Morgan fingerprint density at radius 2 is 1.95 bits per heavy atom. The first-order valence-corrected chi connectivity index (χ1v) is 6.75. The average molecular weight is 291 g/mol. The molecule has 5 heteroatoms. The Morgan fingerprint density at radius 1 is 1.30 bits per heavy atom. The third-order valence-corrected chi connectivity index (χ3v) is 3.16. The van der Waals surface area contributed by atoms with Crippen LogP contribution in [0, 0.1) is 6.92 Å². The molecule has 0 radical (unpaired) electrons. The van der Waals surface area contributed by atoms with Crippen molar-refractivity contribution in [2.45, 2.75) is 26.8 Å². The van der Waals surface area contributed by atoms with E-state index in [0.717, 1.165) is 11.1 Å². The van der Waals surface area contributed by atoms with Gasteiger partial charge in [-0.2, -0.15) is 5.10 Å². The first-order valence-electron chi connectivity index (χ1n) is 6.37. The molecule has 0 amide bonds. The van der Waals surface area contributed by atoms with Gasteiger partial charge in [0.2, 0.25) is 5.24 Å². The van der Waals surface area contributed by atoms with Gasteiger partial charge in [0.05, 0.1) is 12.1 Å². The van der Waals surface area contributed by atoms with Gasteiger partial charge in [0.25, 0.3) is 5.56 Å². The van der Waals surface area contributed by atoms with E-state index in [1.165, 1.54) is 4.68 Å². The van der Waals surface area contributed by atoms with Crippen LogP contribution in [0.5, 0.6) is 0 Å². The van der Waals surface area contributed by atoms with Crippen LogP contribution in [0.4, 0.5) is 0 Å². The Bertz CT molecular complexity index is 690. The Balaban J connectivity index is 2.56. The molecule has 0 aliphatic rings. The number of halogens is 1. The average Bonchev–Trinajstić information content (AvgIpc) is 2.41. The molecular weight excluding hydrogens is 276 g/mol. The van der Waals surface area contributed by atoms with E-state index < -0.39 is 5.24 Å². The van der Waals surface area contributed by atoms with Crippen LogP contribution in [0.3, 0.4) is 0 Å². The van der Waals surface area contributed by atoms with Gasteiger partial charge < -0.3 is 0 Å². The molecule has 0 unspecified atom stereocenters. The Kier molecular flexibility index (Phi) is 4.35. The van der Waals surface area contributed by atoms with Crippen LogP contribution in [-0.4, -0.2) is 15.0 Å². The fourth-order valence-electron chi connectivity index (χ4n) is 1.95. The number of hydrogen-bond acceptors (Lipinski definition) is 3. The lowest BCUT2D eigenvalue weighted by Crippen LogP contribution is -2.26.